The molecule has 1 fully saturated rings. The van der Waals surface area contributed by atoms with E-state index in [1.54, 1.807) is 0 Å². The summed E-state index contributed by atoms with van der Waals surface area (Å²) in [5.41, 5.74) is 3.50. The van der Waals surface area contributed by atoms with Crippen LogP contribution in [0.3, 0.4) is 0 Å². The number of halogens is 1. The monoisotopic (exact) mass is 424 g/mol. The lowest BCUT2D eigenvalue weighted by Crippen LogP contribution is -2.48. The third kappa shape index (κ3) is 2.39. The fourth-order valence-corrected chi connectivity index (χ4v) is 5.05. The van der Waals surface area contributed by atoms with Crippen molar-refractivity contribution in [1.82, 2.24) is 14.6 Å². The van der Waals surface area contributed by atoms with Crippen LogP contribution in [0.2, 0.25) is 0 Å². The lowest BCUT2D eigenvalue weighted by Gasteiger charge is -2.55. The van der Waals surface area contributed by atoms with E-state index in [0.717, 1.165) is 27.7 Å². The van der Waals surface area contributed by atoms with Crippen molar-refractivity contribution in [2.45, 2.75) is 33.6 Å². The molecule has 1 aromatic carbocycles. The Balaban J connectivity index is 1.61. The first-order valence-electron chi connectivity index (χ1n) is 9.31. The highest BCUT2D eigenvalue weighted by atomic mass is 79.9. The predicted molar refractivity (Wildman–Crippen MR) is 112 cm³/mol. The molecule has 6 rings (SSSR count). The molecule has 3 aliphatic rings. The van der Waals surface area contributed by atoms with E-state index < -0.39 is 0 Å². The summed E-state index contributed by atoms with van der Waals surface area (Å²) in [5.74, 6) is 1.91. The van der Waals surface area contributed by atoms with Crippen molar-refractivity contribution in [2.24, 2.45) is 22.4 Å². The number of nitrogens with one attached hydrogen (secondary N) is 1. The van der Waals surface area contributed by atoms with Gasteiger partial charge in [0.2, 0.25) is 0 Å². The molecule has 0 saturated heterocycles. The van der Waals surface area contributed by atoms with E-state index >= 15 is 0 Å². The van der Waals surface area contributed by atoms with E-state index in [4.69, 9.17) is 0 Å². The molecule has 138 valence electrons. The summed E-state index contributed by atoms with van der Waals surface area (Å²) in [6.07, 6.45) is 6.48. The smallest absolute Gasteiger partial charge is 0.298 e. The summed E-state index contributed by atoms with van der Waals surface area (Å²) in [4.78, 5) is 20.9. The number of allylic oxidation sites excluding steroid dienone is 2. The Bertz CT molecular complexity index is 1210. The van der Waals surface area contributed by atoms with Crippen LogP contribution in [0.15, 0.2) is 44.2 Å². The number of nitrogens with zero attached hydrogens (tertiary/aromatic N) is 3. The lowest BCUT2D eigenvalue weighted by molar-refractivity contribution is -0.00127. The van der Waals surface area contributed by atoms with E-state index in [0.29, 0.717) is 28.2 Å². The second-order valence-corrected chi connectivity index (χ2v) is 9.22. The molecule has 3 aromatic rings. The highest BCUT2D eigenvalue weighted by Crippen LogP contribution is 2.58. The van der Waals surface area contributed by atoms with E-state index in [2.05, 4.69) is 50.9 Å². The first-order valence-corrected chi connectivity index (χ1v) is 10.1. The van der Waals surface area contributed by atoms with Crippen molar-refractivity contribution in [3.05, 3.63) is 50.5 Å². The van der Waals surface area contributed by atoms with E-state index in [1.807, 2.05) is 31.3 Å². The molecule has 27 heavy (non-hydrogen) atoms. The first kappa shape index (κ1) is 16.9. The standard InChI is InChI=1S/C21H21BrN4O/c1-11-24-18-15-9-14(22)6-7-17(15)25-19(18)20(27)26(11)23-10-12-4-5-13-8-16(12)21(13,2)3/h4,6-7,9-10,13,16,25H,5,8H2,1-3H3/b23-10-/t13-,16-/m0/s1. The average Bonchev–Trinajstić information content (AvgIpc) is 2.99. The predicted octanol–water partition coefficient (Wildman–Crippen LogP) is 4.78. The number of aromatic amines is 1. The quantitative estimate of drug-likeness (QED) is 0.601. The molecular formula is C21H21BrN4O. The summed E-state index contributed by atoms with van der Waals surface area (Å²) < 4.78 is 2.37. The zero-order valence-electron chi connectivity index (χ0n) is 15.6. The maximum atomic E-state index is 13.0. The SMILES string of the molecule is Cc1nc2c([nH]c3ccc(Br)cc32)c(=O)n1/N=C\C1=CC[C@H]2C[C@@H]1C2(C)C. The van der Waals surface area contributed by atoms with Gasteiger partial charge < -0.3 is 4.98 Å². The van der Waals surface area contributed by atoms with Crippen molar-refractivity contribution < 1.29 is 0 Å². The maximum absolute atomic E-state index is 13.0. The van der Waals surface area contributed by atoms with Crippen LogP contribution in [0, 0.1) is 24.2 Å². The van der Waals surface area contributed by atoms with Gasteiger partial charge in [-0.05, 0) is 60.8 Å². The van der Waals surface area contributed by atoms with Crippen LogP contribution >= 0.6 is 15.9 Å². The summed E-state index contributed by atoms with van der Waals surface area (Å²) in [5, 5.41) is 5.46. The molecule has 2 aromatic heterocycles. The minimum Gasteiger partial charge on any atom is -0.349 e. The fraction of sp³-hybridized carbons (Fsp3) is 0.381. The molecule has 0 radical (unpaired) electrons. The minimum atomic E-state index is -0.164. The number of hydrogen-bond acceptors (Lipinski definition) is 3. The lowest BCUT2D eigenvalue weighted by atomic mass is 9.49. The van der Waals surface area contributed by atoms with Crippen LogP contribution in [0.25, 0.3) is 21.9 Å². The van der Waals surface area contributed by atoms with Crippen LogP contribution in [0.5, 0.6) is 0 Å². The Morgan fingerprint density at radius 3 is 2.96 bits per heavy atom. The number of hydrogen-bond donors (Lipinski definition) is 1. The maximum Gasteiger partial charge on any atom is 0.298 e. The molecule has 0 unspecified atom stereocenters. The molecular weight excluding hydrogens is 404 g/mol. The van der Waals surface area contributed by atoms with Crippen molar-refractivity contribution in [3.63, 3.8) is 0 Å². The molecule has 6 heteroatoms. The molecule has 1 N–H and O–H groups in total. The third-order valence-corrected chi connectivity index (χ3v) is 7.05. The highest BCUT2D eigenvalue weighted by molar-refractivity contribution is 9.10. The number of H-pyrrole nitrogens is 1. The molecule has 1 saturated carbocycles. The van der Waals surface area contributed by atoms with Crippen LogP contribution in [0.4, 0.5) is 0 Å². The summed E-state index contributed by atoms with van der Waals surface area (Å²) in [7, 11) is 0. The van der Waals surface area contributed by atoms with Gasteiger partial charge in [-0.3, -0.25) is 4.79 Å². The van der Waals surface area contributed by atoms with Crippen molar-refractivity contribution in [1.29, 1.82) is 0 Å². The molecule has 5 nitrogen and oxygen atoms in total. The minimum absolute atomic E-state index is 0.164. The molecule has 0 aliphatic heterocycles. The van der Waals surface area contributed by atoms with Crippen molar-refractivity contribution in [2.75, 3.05) is 0 Å². The molecule has 2 atom stereocenters. The van der Waals surface area contributed by atoms with Crippen molar-refractivity contribution in [3.8, 4) is 0 Å². The van der Waals surface area contributed by atoms with Gasteiger partial charge in [0.1, 0.15) is 16.9 Å². The number of rotatable bonds is 2. The Morgan fingerprint density at radius 1 is 1.41 bits per heavy atom. The summed E-state index contributed by atoms with van der Waals surface area (Å²) in [6, 6.07) is 5.88. The van der Waals surface area contributed by atoms with Gasteiger partial charge in [0.25, 0.3) is 5.56 Å². The van der Waals surface area contributed by atoms with Gasteiger partial charge in [-0.2, -0.15) is 9.78 Å². The summed E-state index contributed by atoms with van der Waals surface area (Å²) >= 11 is 3.49. The molecule has 3 aliphatic carbocycles. The second kappa shape index (κ2) is 5.64. The number of benzene rings is 1. The van der Waals surface area contributed by atoms with Gasteiger partial charge in [-0.1, -0.05) is 35.9 Å². The topological polar surface area (TPSA) is 63.0 Å². The number of aromatic nitrogens is 3. The Hall–Kier alpha value is -2.21. The summed E-state index contributed by atoms with van der Waals surface area (Å²) in [6.45, 7) is 6.49. The van der Waals surface area contributed by atoms with Gasteiger partial charge in [0, 0.05) is 15.4 Å². The highest BCUT2D eigenvalue weighted by Gasteiger charge is 2.50. The first-order chi connectivity index (χ1) is 12.9. The normalized spacial score (nSPS) is 23.8. The van der Waals surface area contributed by atoms with Gasteiger partial charge in [0.15, 0.2) is 0 Å². The zero-order valence-corrected chi connectivity index (χ0v) is 17.2. The molecule has 0 spiro atoms. The largest absolute Gasteiger partial charge is 0.349 e. The number of fused-ring (bicyclic) bond motifs is 4. The Labute approximate surface area is 165 Å². The van der Waals surface area contributed by atoms with E-state index in [1.165, 1.54) is 16.7 Å². The molecule has 2 bridgehead atoms. The second-order valence-electron chi connectivity index (χ2n) is 8.31. The molecule has 2 heterocycles. The van der Waals surface area contributed by atoms with Crippen molar-refractivity contribution >= 4 is 44.1 Å². The van der Waals surface area contributed by atoms with Gasteiger partial charge in [0.05, 0.1) is 6.21 Å². The van der Waals surface area contributed by atoms with Crippen LogP contribution in [-0.4, -0.2) is 20.9 Å². The van der Waals surface area contributed by atoms with Crippen LogP contribution < -0.4 is 5.56 Å². The van der Waals surface area contributed by atoms with Gasteiger partial charge >= 0.3 is 0 Å². The van der Waals surface area contributed by atoms with E-state index in [-0.39, 0.29) is 5.56 Å². The fourth-order valence-electron chi connectivity index (χ4n) is 4.69. The Kier molecular flexibility index (Phi) is 3.54. The Morgan fingerprint density at radius 2 is 2.22 bits per heavy atom. The van der Waals surface area contributed by atoms with Gasteiger partial charge in [-0.25, -0.2) is 4.98 Å². The third-order valence-electron chi connectivity index (χ3n) is 6.55. The van der Waals surface area contributed by atoms with E-state index in [9.17, 15) is 4.79 Å². The zero-order chi connectivity index (χ0) is 18.9. The average molecular weight is 425 g/mol. The molecule has 0 amide bonds. The number of aryl methyl sites for hydroxylation is 1. The van der Waals surface area contributed by atoms with Gasteiger partial charge in [-0.15, -0.1) is 0 Å². The van der Waals surface area contributed by atoms with Crippen LogP contribution in [0.1, 0.15) is 32.5 Å². The van der Waals surface area contributed by atoms with Crippen LogP contribution in [-0.2, 0) is 0 Å².